The molecule has 3 N–H and O–H groups in total. The summed E-state index contributed by atoms with van der Waals surface area (Å²) in [7, 11) is -13.2. The summed E-state index contributed by atoms with van der Waals surface area (Å²) in [6, 6.07) is 0. The molecule has 1 aliphatic rings. The van der Waals surface area contributed by atoms with Gasteiger partial charge in [0.15, 0.2) is 0 Å². The van der Waals surface area contributed by atoms with E-state index in [0.29, 0.717) is 0 Å². The first-order valence-electron chi connectivity index (χ1n) is 18.3. The molecule has 24 heteroatoms. The van der Waals surface area contributed by atoms with Gasteiger partial charge in [0.25, 0.3) is 0 Å². The Morgan fingerprint density at radius 3 is 0.550 bits per heavy atom. The predicted octanol–water partition coefficient (Wildman–Crippen LogP) is 3.81. The third-order valence-corrected chi connectivity index (χ3v) is 18.4. The summed E-state index contributed by atoms with van der Waals surface area (Å²) in [4.78, 5) is 82.8. The van der Waals surface area contributed by atoms with Crippen LogP contribution in [-0.2, 0) is 84.3 Å². The number of carbonyl (C=O) groups excluding carboxylic acids is 6. The van der Waals surface area contributed by atoms with Crippen LogP contribution < -0.4 is 14.6 Å². The maximum absolute atomic E-state index is 12.2. The third kappa shape index (κ3) is 20.6. The molecule has 1 saturated heterocycles. The zero-order valence-electron chi connectivity index (χ0n) is 35.1. The molecule has 0 aliphatic carbocycles. The fourth-order valence-electron chi connectivity index (χ4n) is 3.96. The molecular formula is C36H60N3O18P3. The van der Waals surface area contributed by atoms with Crippen LogP contribution in [-0.4, -0.2) is 115 Å². The molecule has 0 spiro atoms. The van der Waals surface area contributed by atoms with Gasteiger partial charge in [-0.15, -0.1) is 0 Å². The van der Waals surface area contributed by atoms with Gasteiger partial charge in [0, 0.05) is 0 Å². The molecule has 0 atom stereocenters. The number of ether oxygens (including phenoxy) is 6. The van der Waals surface area contributed by atoms with Gasteiger partial charge in [-0.1, -0.05) is 0 Å². The third-order valence-electron chi connectivity index (χ3n) is 6.81. The molecule has 21 nitrogen and oxygen atoms in total. The molecule has 342 valence electrons. The van der Waals surface area contributed by atoms with E-state index in [0.717, 1.165) is 0 Å². The van der Waals surface area contributed by atoms with Gasteiger partial charge in [-0.25, -0.2) is 0 Å². The van der Waals surface area contributed by atoms with Gasteiger partial charge in [-0.3, -0.25) is 0 Å². The van der Waals surface area contributed by atoms with Crippen molar-refractivity contribution in [3.05, 3.63) is 72.9 Å². The minimum absolute atomic E-state index is 0.122. The molecule has 0 radical (unpaired) electrons. The van der Waals surface area contributed by atoms with E-state index in [2.05, 4.69) is 54.0 Å². The van der Waals surface area contributed by atoms with Crippen molar-refractivity contribution >= 4 is 59.9 Å². The van der Waals surface area contributed by atoms with Gasteiger partial charge in [-0.2, -0.15) is 0 Å². The van der Waals surface area contributed by atoms with Crippen molar-refractivity contribution in [2.45, 2.75) is 41.5 Å². The van der Waals surface area contributed by atoms with Crippen LogP contribution in [0.4, 0.5) is 0 Å². The van der Waals surface area contributed by atoms with Crippen molar-refractivity contribution in [3.63, 3.8) is 0 Å². The zero-order chi connectivity index (χ0) is 45.5. The quantitative estimate of drug-likeness (QED) is 0.0305. The number of rotatable bonds is 30. The van der Waals surface area contributed by atoms with E-state index in [1.54, 1.807) is 0 Å². The topological polar surface area (TPSA) is 249 Å². The first-order valence-corrected chi connectivity index (χ1v) is 23.7. The molecule has 0 aromatic heterocycles. The molecule has 1 heterocycles. The number of carbonyl (C=O) groups is 6. The number of hydrogen-bond acceptors (Lipinski definition) is 21. The van der Waals surface area contributed by atoms with Crippen LogP contribution >= 0.6 is 24.1 Å². The van der Waals surface area contributed by atoms with Crippen LogP contribution in [0.25, 0.3) is 0 Å². The maximum atomic E-state index is 12.2. The van der Waals surface area contributed by atoms with Crippen LogP contribution in [0.2, 0.25) is 0 Å². The van der Waals surface area contributed by atoms with Crippen LogP contribution in [0.5, 0.6) is 0 Å². The van der Waals surface area contributed by atoms with E-state index in [-0.39, 0.29) is 113 Å². The molecule has 1 fully saturated rings. The summed E-state index contributed by atoms with van der Waals surface area (Å²) in [5.41, 5.74) is 0.731. The van der Waals surface area contributed by atoms with Crippen LogP contribution in [0.3, 0.4) is 0 Å². The van der Waals surface area contributed by atoms with Crippen molar-refractivity contribution in [1.29, 1.82) is 0 Å². The molecule has 0 saturated carbocycles. The average molecular weight is 916 g/mol. The molecular weight excluding hydrogens is 855 g/mol. The summed E-state index contributed by atoms with van der Waals surface area (Å²) in [6.07, 6.45) is 0. The van der Waals surface area contributed by atoms with E-state index < -0.39 is 59.9 Å². The second-order valence-electron chi connectivity index (χ2n) is 12.8. The fraction of sp³-hybridized carbons (Fsp3) is 0.500. The Morgan fingerprint density at radius 1 is 0.300 bits per heavy atom. The summed E-state index contributed by atoms with van der Waals surface area (Å²) in [5.74, 6) is -4.24. The Labute approximate surface area is 351 Å². The fourth-order valence-corrected chi connectivity index (χ4v) is 17.5. The SMILES string of the molecule is C=C(C)C(=O)OCCO[PH]1(OCCOC(=O)C(=C)C)N[PH](OCCOC(=O)C(=C)C)(OCCOC(=O)C(=C)C)N[PH](OCCOC(=O)C(=C)C)(OCCOC(=O)C(=C)C)N1. The Hall–Kier alpha value is -3.81. The van der Waals surface area contributed by atoms with E-state index in [1.165, 1.54) is 41.5 Å². The zero-order valence-corrected chi connectivity index (χ0v) is 38.1. The van der Waals surface area contributed by atoms with Crippen molar-refractivity contribution < 1.29 is 84.3 Å². The van der Waals surface area contributed by atoms with Gasteiger partial charge < -0.3 is 0 Å². The van der Waals surface area contributed by atoms with Gasteiger partial charge >= 0.3 is 353 Å². The monoisotopic (exact) mass is 915 g/mol. The minimum atomic E-state index is -4.41. The van der Waals surface area contributed by atoms with Gasteiger partial charge in [0.1, 0.15) is 0 Å². The predicted molar refractivity (Wildman–Crippen MR) is 225 cm³/mol. The van der Waals surface area contributed by atoms with Crippen molar-refractivity contribution in [1.82, 2.24) is 14.6 Å². The molecule has 1 aliphatic heterocycles. The summed E-state index contributed by atoms with van der Waals surface area (Å²) >= 11 is 0. The Kier molecular flexibility index (Phi) is 24.6. The number of hydrogen-bond donors (Lipinski definition) is 3. The number of esters is 6. The normalized spacial score (nSPS) is 16.3. The van der Waals surface area contributed by atoms with E-state index in [9.17, 15) is 28.8 Å². The van der Waals surface area contributed by atoms with Crippen molar-refractivity contribution in [2.75, 3.05) is 79.3 Å². The molecule has 0 amide bonds. The first-order chi connectivity index (χ1) is 28.1. The van der Waals surface area contributed by atoms with E-state index in [1.807, 2.05) is 0 Å². The molecule has 1 rings (SSSR count). The molecule has 0 aromatic rings. The second-order valence-corrected chi connectivity index (χ2v) is 21.2. The van der Waals surface area contributed by atoms with E-state index in [4.69, 9.17) is 55.6 Å². The molecule has 60 heavy (non-hydrogen) atoms. The van der Waals surface area contributed by atoms with Crippen LogP contribution in [0.1, 0.15) is 41.5 Å². The second kappa shape index (κ2) is 27.2. The Bertz CT molecular complexity index is 1340. The number of nitrogens with one attached hydrogen (secondary N) is 3. The standard InChI is InChI=1S/C36H60N3O18P3/c1-25(2)31(40)46-13-19-52-58(53-20-14-47-32(41)26(3)4)37-59(54-21-15-48-33(42)27(5)6,55-22-16-49-34(43)28(7)8)39-60(38-58,56-23-17-50-35(44)29(9)10)57-24-18-51-36(45)30(11)12/h37-39,58-60H,1,3,5,7,9,11,13-24H2,2,4,6,8,10,12H3. The molecule has 0 aromatic carbocycles. The first kappa shape index (κ1) is 54.2. The summed E-state index contributed by atoms with van der Waals surface area (Å²) < 4.78 is 69.4. The van der Waals surface area contributed by atoms with Gasteiger partial charge in [-0.05, 0) is 0 Å². The van der Waals surface area contributed by atoms with Gasteiger partial charge in [0.2, 0.25) is 0 Å². The average Bonchev–Trinajstić information content (AvgIpc) is 3.18. The van der Waals surface area contributed by atoms with Crippen molar-refractivity contribution in [2.24, 2.45) is 0 Å². The van der Waals surface area contributed by atoms with E-state index >= 15 is 0 Å². The Balaban J connectivity index is 3.89. The summed E-state index contributed by atoms with van der Waals surface area (Å²) in [5, 5.41) is 0. The van der Waals surface area contributed by atoms with Crippen LogP contribution in [0.15, 0.2) is 72.9 Å². The van der Waals surface area contributed by atoms with Gasteiger partial charge in [0.05, 0.1) is 0 Å². The Morgan fingerprint density at radius 2 is 0.433 bits per heavy atom. The molecule has 0 unspecified atom stereocenters. The van der Waals surface area contributed by atoms with Crippen molar-refractivity contribution in [3.8, 4) is 0 Å². The molecule has 0 bridgehead atoms. The van der Waals surface area contributed by atoms with Crippen LogP contribution in [0, 0.1) is 0 Å². The summed E-state index contributed by atoms with van der Waals surface area (Å²) in [6.45, 7) is 26.1.